The Labute approximate surface area is 142 Å². The second kappa shape index (κ2) is 6.61. The van der Waals surface area contributed by atoms with Crippen molar-refractivity contribution >= 4 is 43.5 Å². The minimum absolute atomic E-state index is 0.0905. The van der Waals surface area contributed by atoms with Crippen LogP contribution in [0, 0.1) is 0 Å². The van der Waals surface area contributed by atoms with Gasteiger partial charge in [-0.25, -0.2) is 0 Å². The van der Waals surface area contributed by atoms with Crippen molar-refractivity contribution in [2.45, 2.75) is 25.9 Å². The smallest absolute Gasteiger partial charge is 0.0548 e. The lowest BCUT2D eigenvalue weighted by atomic mass is 9.94. The molecule has 4 heteroatoms. The maximum absolute atomic E-state index is 6.01. The summed E-state index contributed by atoms with van der Waals surface area (Å²) in [5.41, 5.74) is 2.37. The van der Waals surface area contributed by atoms with Gasteiger partial charge >= 0.3 is 0 Å². The molecule has 0 aromatic heterocycles. The molecule has 2 aromatic rings. The van der Waals surface area contributed by atoms with Crippen LogP contribution in [0.15, 0.2) is 51.4 Å². The molecule has 0 amide bonds. The van der Waals surface area contributed by atoms with Gasteiger partial charge in [-0.2, -0.15) is 0 Å². The monoisotopic (exact) mass is 415 g/mol. The third-order valence-corrected chi connectivity index (χ3v) is 5.03. The maximum Gasteiger partial charge on any atom is 0.0548 e. The lowest BCUT2D eigenvalue weighted by molar-refractivity contribution is 0.401. The van der Waals surface area contributed by atoms with Crippen molar-refractivity contribution in [1.82, 2.24) is 5.32 Å². The Morgan fingerprint density at radius 1 is 1.05 bits per heavy atom. The fourth-order valence-corrected chi connectivity index (χ4v) is 2.75. The molecule has 0 aliphatic rings. The second-order valence-corrected chi connectivity index (χ2v) is 7.41. The van der Waals surface area contributed by atoms with Gasteiger partial charge in [0.15, 0.2) is 0 Å². The summed E-state index contributed by atoms with van der Waals surface area (Å²) in [6.07, 6.45) is 0. The molecule has 1 N–H and O–H groups in total. The van der Waals surface area contributed by atoms with E-state index in [0.717, 1.165) is 20.5 Å². The molecule has 0 aliphatic carbocycles. The van der Waals surface area contributed by atoms with E-state index in [9.17, 15) is 0 Å². The zero-order chi connectivity index (χ0) is 14.8. The van der Waals surface area contributed by atoms with E-state index < -0.39 is 0 Å². The minimum Gasteiger partial charge on any atom is -0.304 e. The highest BCUT2D eigenvalue weighted by Crippen LogP contribution is 2.25. The molecule has 0 saturated carbocycles. The summed E-state index contributed by atoms with van der Waals surface area (Å²) in [4.78, 5) is 0. The summed E-state index contributed by atoms with van der Waals surface area (Å²) in [6, 6.07) is 14.4. The van der Waals surface area contributed by atoms with Gasteiger partial charge in [0.1, 0.15) is 0 Å². The second-order valence-electron chi connectivity index (χ2n) is 5.23. The molecule has 0 fully saturated rings. The summed E-state index contributed by atoms with van der Waals surface area (Å²) in [6.45, 7) is 5.15. The van der Waals surface area contributed by atoms with Gasteiger partial charge in [0.2, 0.25) is 0 Å². The van der Waals surface area contributed by atoms with E-state index >= 15 is 0 Å². The summed E-state index contributed by atoms with van der Waals surface area (Å²) in [5.74, 6) is 0. The molecular weight excluding hydrogens is 401 g/mol. The summed E-state index contributed by atoms with van der Waals surface area (Å²) >= 11 is 12.9. The Morgan fingerprint density at radius 3 is 2.30 bits per heavy atom. The van der Waals surface area contributed by atoms with Gasteiger partial charge in [-0.3, -0.25) is 0 Å². The predicted molar refractivity (Wildman–Crippen MR) is 93.2 cm³/mol. The van der Waals surface area contributed by atoms with Crippen LogP contribution in [0.1, 0.15) is 25.0 Å². The lowest BCUT2D eigenvalue weighted by Gasteiger charge is -2.27. The summed E-state index contributed by atoms with van der Waals surface area (Å²) in [5, 5.41) is 4.32. The van der Waals surface area contributed by atoms with Crippen LogP contribution in [0.2, 0.25) is 5.02 Å². The molecule has 2 aromatic carbocycles. The van der Waals surface area contributed by atoms with Crippen molar-refractivity contribution in [3.05, 3.63) is 67.6 Å². The lowest BCUT2D eigenvalue weighted by Crippen LogP contribution is -2.35. The SMILES string of the molecule is CC(C)(NCc1ccc(Cl)c(Br)c1)c1ccc(Br)cc1. The average Bonchev–Trinajstić information content (AvgIpc) is 2.41. The van der Waals surface area contributed by atoms with E-state index in [1.165, 1.54) is 11.1 Å². The van der Waals surface area contributed by atoms with Gasteiger partial charge < -0.3 is 5.32 Å². The van der Waals surface area contributed by atoms with Crippen LogP contribution in [0.25, 0.3) is 0 Å². The summed E-state index contributed by atoms with van der Waals surface area (Å²) in [7, 11) is 0. The quantitative estimate of drug-likeness (QED) is 0.654. The normalized spacial score (nSPS) is 11.7. The number of halogens is 3. The first-order chi connectivity index (χ1) is 9.38. The first-order valence-corrected chi connectivity index (χ1v) is 8.30. The summed E-state index contributed by atoms with van der Waals surface area (Å²) < 4.78 is 2.03. The molecular formula is C16H16Br2ClN. The van der Waals surface area contributed by atoms with Gasteiger partial charge in [-0.05, 0) is 65.2 Å². The molecule has 2 rings (SSSR count). The third-order valence-electron chi connectivity index (χ3n) is 3.28. The van der Waals surface area contributed by atoms with Crippen molar-refractivity contribution < 1.29 is 0 Å². The van der Waals surface area contributed by atoms with E-state index in [0.29, 0.717) is 0 Å². The Bertz CT molecular complexity index is 594. The fraction of sp³-hybridized carbons (Fsp3) is 0.250. The largest absolute Gasteiger partial charge is 0.304 e. The number of hydrogen-bond donors (Lipinski definition) is 1. The average molecular weight is 418 g/mol. The van der Waals surface area contributed by atoms with E-state index in [1.54, 1.807) is 0 Å². The Balaban J connectivity index is 2.08. The molecule has 1 nitrogen and oxygen atoms in total. The minimum atomic E-state index is -0.0905. The van der Waals surface area contributed by atoms with Gasteiger partial charge in [0.05, 0.1) is 5.02 Å². The molecule has 0 saturated heterocycles. The van der Waals surface area contributed by atoms with Crippen molar-refractivity contribution in [3.8, 4) is 0 Å². The predicted octanol–water partition coefficient (Wildman–Crippen LogP) is 5.89. The number of nitrogens with one attached hydrogen (secondary N) is 1. The maximum atomic E-state index is 6.01. The number of rotatable bonds is 4. The topological polar surface area (TPSA) is 12.0 Å². The standard InChI is InChI=1S/C16H16Br2ClN/c1-16(2,12-4-6-13(17)7-5-12)20-10-11-3-8-15(19)14(18)9-11/h3-9,20H,10H2,1-2H3. The van der Waals surface area contributed by atoms with Gasteiger partial charge in [0.25, 0.3) is 0 Å². The van der Waals surface area contributed by atoms with E-state index in [-0.39, 0.29) is 5.54 Å². The highest BCUT2D eigenvalue weighted by atomic mass is 79.9. The van der Waals surface area contributed by atoms with Gasteiger partial charge in [0, 0.05) is 21.0 Å². The Kier molecular flexibility index (Phi) is 5.30. The van der Waals surface area contributed by atoms with Crippen molar-refractivity contribution in [2.75, 3.05) is 0 Å². The van der Waals surface area contributed by atoms with Crippen molar-refractivity contribution in [2.24, 2.45) is 0 Å². The van der Waals surface area contributed by atoms with Crippen LogP contribution in [-0.2, 0) is 12.1 Å². The van der Waals surface area contributed by atoms with E-state index in [1.807, 2.05) is 18.2 Å². The molecule has 106 valence electrons. The Morgan fingerprint density at radius 2 is 1.70 bits per heavy atom. The van der Waals surface area contributed by atoms with E-state index in [2.05, 4.69) is 75.3 Å². The van der Waals surface area contributed by atoms with Gasteiger partial charge in [-0.15, -0.1) is 0 Å². The van der Waals surface area contributed by atoms with Crippen LogP contribution in [0.3, 0.4) is 0 Å². The van der Waals surface area contributed by atoms with Gasteiger partial charge in [-0.1, -0.05) is 45.7 Å². The first-order valence-electron chi connectivity index (χ1n) is 6.33. The van der Waals surface area contributed by atoms with Crippen LogP contribution in [0.4, 0.5) is 0 Å². The molecule has 0 aliphatic heterocycles. The zero-order valence-corrected chi connectivity index (χ0v) is 15.3. The highest BCUT2D eigenvalue weighted by Gasteiger charge is 2.19. The molecule has 0 unspecified atom stereocenters. The fourth-order valence-electron chi connectivity index (χ4n) is 1.94. The molecule has 0 spiro atoms. The van der Waals surface area contributed by atoms with Crippen molar-refractivity contribution in [3.63, 3.8) is 0 Å². The van der Waals surface area contributed by atoms with Crippen LogP contribution in [-0.4, -0.2) is 0 Å². The molecule has 0 heterocycles. The molecule has 0 radical (unpaired) electrons. The van der Waals surface area contributed by atoms with Crippen molar-refractivity contribution in [1.29, 1.82) is 0 Å². The number of benzene rings is 2. The molecule has 20 heavy (non-hydrogen) atoms. The van der Waals surface area contributed by atoms with Crippen LogP contribution < -0.4 is 5.32 Å². The number of hydrogen-bond acceptors (Lipinski definition) is 1. The van der Waals surface area contributed by atoms with Crippen LogP contribution >= 0.6 is 43.5 Å². The Hall–Kier alpha value is -0.350. The molecule has 0 bridgehead atoms. The molecule has 0 atom stereocenters. The van der Waals surface area contributed by atoms with E-state index in [4.69, 9.17) is 11.6 Å². The third kappa shape index (κ3) is 4.08. The highest BCUT2D eigenvalue weighted by molar-refractivity contribution is 9.10. The van der Waals surface area contributed by atoms with Crippen LogP contribution in [0.5, 0.6) is 0 Å². The first kappa shape index (κ1) is 16.0. The zero-order valence-electron chi connectivity index (χ0n) is 11.4.